The zero-order chi connectivity index (χ0) is 33.0. The Balaban J connectivity index is 1.21. The van der Waals surface area contributed by atoms with Gasteiger partial charge in [-0.1, -0.05) is 30.3 Å². The number of aromatic nitrogens is 3. The van der Waals surface area contributed by atoms with E-state index in [0.29, 0.717) is 40.6 Å². The molecule has 0 aliphatic carbocycles. The van der Waals surface area contributed by atoms with Crippen molar-refractivity contribution in [3.63, 3.8) is 0 Å². The summed E-state index contributed by atoms with van der Waals surface area (Å²) in [6.45, 7) is 2.55. The molecule has 12 heteroatoms. The Bertz CT molecular complexity index is 2020. The molecule has 0 fully saturated rings. The summed E-state index contributed by atoms with van der Waals surface area (Å²) in [4.78, 5) is 16.0. The van der Waals surface area contributed by atoms with E-state index in [-0.39, 0.29) is 24.2 Å². The maximum absolute atomic E-state index is 13.6. The van der Waals surface area contributed by atoms with Crippen molar-refractivity contribution >= 4 is 48.2 Å². The van der Waals surface area contributed by atoms with Gasteiger partial charge in [-0.2, -0.15) is 0 Å². The van der Waals surface area contributed by atoms with E-state index < -0.39 is 15.4 Å². The highest BCUT2D eigenvalue weighted by Crippen LogP contribution is 2.40. The maximum atomic E-state index is 13.6. The van der Waals surface area contributed by atoms with Crippen LogP contribution in [0.1, 0.15) is 24.6 Å². The zero-order valence-electron chi connectivity index (χ0n) is 25.8. The summed E-state index contributed by atoms with van der Waals surface area (Å²) in [5.74, 6) is 0.854. The predicted octanol–water partition coefficient (Wildman–Crippen LogP) is 7.17. The number of hydrogen-bond acceptors (Lipinski definition) is 9. The van der Waals surface area contributed by atoms with Crippen LogP contribution >= 0.6 is 15.9 Å². The Kier molecular flexibility index (Phi) is 9.53. The van der Waals surface area contributed by atoms with Gasteiger partial charge in [-0.15, -0.1) is 0 Å². The lowest BCUT2D eigenvalue weighted by molar-refractivity contribution is -0.0340. The van der Waals surface area contributed by atoms with Gasteiger partial charge in [0.2, 0.25) is 0 Å². The lowest BCUT2D eigenvalue weighted by Gasteiger charge is -2.39. The highest BCUT2D eigenvalue weighted by Gasteiger charge is 2.44. The van der Waals surface area contributed by atoms with Crippen LogP contribution in [-0.4, -0.2) is 53.7 Å². The van der Waals surface area contributed by atoms with Gasteiger partial charge < -0.3 is 14.8 Å². The summed E-state index contributed by atoms with van der Waals surface area (Å²) in [7, 11) is -1.55. The van der Waals surface area contributed by atoms with Crippen molar-refractivity contribution in [2.45, 2.75) is 36.5 Å². The van der Waals surface area contributed by atoms with Crippen LogP contribution in [0.15, 0.2) is 113 Å². The minimum atomic E-state index is -3.45. The monoisotopic (exact) mass is 717 g/mol. The van der Waals surface area contributed by atoms with Crippen molar-refractivity contribution in [2.75, 3.05) is 24.7 Å². The van der Waals surface area contributed by atoms with Gasteiger partial charge in [0.1, 0.15) is 30.3 Å². The summed E-state index contributed by atoms with van der Waals surface area (Å²) in [6, 6.07) is 22.1. The topological polar surface area (TPSA) is 107 Å². The first-order valence-electron chi connectivity index (χ1n) is 15.0. The van der Waals surface area contributed by atoms with E-state index in [1.165, 1.54) is 18.5 Å². The van der Waals surface area contributed by atoms with E-state index in [2.05, 4.69) is 31.2 Å². The van der Waals surface area contributed by atoms with Crippen molar-refractivity contribution in [3.05, 3.63) is 125 Å². The third-order valence-corrected chi connectivity index (χ3v) is 10.7. The number of fused-ring (bicyclic) bond motifs is 1. The molecule has 0 saturated carbocycles. The first-order chi connectivity index (χ1) is 22.6. The summed E-state index contributed by atoms with van der Waals surface area (Å²) in [5, 5.41) is 4.13. The molecule has 3 aromatic carbocycles. The minimum absolute atomic E-state index is 0.0292. The van der Waals surface area contributed by atoms with E-state index in [1.54, 1.807) is 48.9 Å². The number of rotatable bonds is 12. The first kappa shape index (κ1) is 32.5. The maximum Gasteiger partial charge on any atom is 0.179 e. The van der Waals surface area contributed by atoms with Crippen molar-refractivity contribution < 1.29 is 22.3 Å². The van der Waals surface area contributed by atoms with Crippen LogP contribution < -0.4 is 10.1 Å². The summed E-state index contributed by atoms with van der Waals surface area (Å²) in [5.41, 5.74) is 1.97. The summed E-state index contributed by atoms with van der Waals surface area (Å²) in [6.07, 6.45) is 7.36. The van der Waals surface area contributed by atoms with E-state index in [1.807, 2.05) is 55.3 Å². The fourth-order valence-corrected chi connectivity index (χ4v) is 7.39. The fraction of sp³-hybridized carbons (Fsp3) is 0.229. The molecule has 0 spiro atoms. The Morgan fingerprint density at radius 2 is 1.89 bits per heavy atom. The van der Waals surface area contributed by atoms with E-state index in [9.17, 15) is 12.8 Å². The third kappa shape index (κ3) is 7.14. The first-order valence-corrected chi connectivity index (χ1v) is 17.4. The average molecular weight is 719 g/mol. The van der Waals surface area contributed by atoms with E-state index in [0.717, 1.165) is 21.1 Å². The lowest BCUT2D eigenvalue weighted by Crippen LogP contribution is -2.49. The Labute approximate surface area is 281 Å². The standard InChI is InChI=1S/C35H33BrFN5O4S/c1-24(42(2)15-17-47(43,44)28-10-4-3-5-11-28)35(14-7-16-46-35)33-20-29-31(21-38-33)39-23-40-34(29)41-27-12-13-32(30(36)19-27)45-22-25-8-6-9-26(37)18-25/h3-13,16,18-21,23-24H,14-15,17,22H2,1-2H3,(H,39,40,41). The molecule has 242 valence electrons. The molecule has 2 atom stereocenters. The van der Waals surface area contributed by atoms with Gasteiger partial charge in [0.25, 0.3) is 0 Å². The number of benzene rings is 3. The molecular formula is C35H33BrFN5O4S. The van der Waals surface area contributed by atoms with Crippen LogP contribution in [0.4, 0.5) is 15.9 Å². The zero-order valence-corrected chi connectivity index (χ0v) is 28.2. The van der Waals surface area contributed by atoms with Crippen molar-refractivity contribution in [1.29, 1.82) is 0 Å². The number of ether oxygens (including phenoxy) is 2. The molecule has 3 heterocycles. The van der Waals surface area contributed by atoms with Crippen LogP contribution in [0.25, 0.3) is 10.9 Å². The lowest BCUT2D eigenvalue weighted by atomic mass is 9.87. The van der Waals surface area contributed by atoms with Crippen molar-refractivity contribution in [1.82, 2.24) is 19.9 Å². The highest BCUT2D eigenvalue weighted by molar-refractivity contribution is 9.10. The second-order valence-corrected chi connectivity index (χ2v) is 14.3. The van der Waals surface area contributed by atoms with E-state index >= 15 is 0 Å². The quantitative estimate of drug-likeness (QED) is 0.144. The minimum Gasteiger partial charge on any atom is -0.488 e. The van der Waals surface area contributed by atoms with Gasteiger partial charge in [0.05, 0.1) is 44.8 Å². The number of likely N-dealkylation sites (N-methyl/N-ethyl adjacent to an activating group) is 1. The van der Waals surface area contributed by atoms with Crippen LogP contribution in [0.5, 0.6) is 5.75 Å². The summed E-state index contributed by atoms with van der Waals surface area (Å²) < 4.78 is 52.4. The molecule has 0 saturated heterocycles. The molecule has 5 aromatic rings. The van der Waals surface area contributed by atoms with Crippen LogP contribution in [0, 0.1) is 5.82 Å². The Morgan fingerprint density at radius 1 is 1.06 bits per heavy atom. The second-order valence-electron chi connectivity index (χ2n) is 11.4. The van der Waals surface area contributed by atoms with Gasteiger partial charge in [-0.25, -0.2) is 22.8 Å². The molecule has 0 radical (unpaired) electrons. The molecule has 1 N–H and O–H groups in total. The molecule has 9 nitrogen and oxygen atoms in total. The fourth-order valence-electron chi connectivity index (χ4n) is 5.56. The Morgan fingerprint density at radius 3 is 2.64 bits per heavy atom. The van der Waals surface area contributed by atoms with Crippen LogP contribution in [0.3, 0.4) is 0 Å². The number of halogens is 2. The van der Waals surface area contributed by atoms with Gasteiger partial charge in [0, 0.05) is 24.0 Å². The molecule has 1 aliphatic rings. The molecule has 2 aromatic heterocycles. The number of anilines is 2. The smallest absolute Gasteiger partial charge is 0.179 e. The van der Waals surface area contributed by atoms with Crippen LogP contribution in [0.2, 0.25) is 0 Å². The largest absolute Gasteiger partial charge is 0.488 e. The number of hydrogen-bond donors (Lipinski definition) is 1. The van der Waals surface area contributed by atoms with Crippen molar-refractivity contribution in [3.8, 4) is 5.75 Å². The molecule has 47 heavy (non-hydrogen) atoms. The molecule has 1 aliphatic heterocycles. The van der Waals surface area contributed by atoms with E-state index in [4.69, 9.17) is 14.5 Å². The molecule has 0 amide bonds. The molecule has 2 unspecified atom stereocenters. The van der Waals surface area contributed by atoms with Crippen molar-refractivity contribution in [2.24, 2.45) is 0 Å². The summed E-state index contributed by atoms with van der Waals surface area (Å²) >= 11 is 3.58. The van der Waals surface area contributed by atoms with Gasteiger partial charge in [-0.05, 0) is 90.1 Å². The van der Waals surface area contributed by atoms with Gasteiger partial charge in [0.15, 0.2) is 15.4 Å². The van der Waals surface area contributed by atoms with Gasteiger partial charge >= 0.3 is 0 Å². The number of sulfone groups is 1. The highest BCUT2D eigenvalue weighted by atomic mass is 79.9. The average Bonchev–Trinajstić information content (AvgIpc) is 3.58. The Hall–Kier alpha value is -4.39. The number of pyridine rings is 1. The molecule has 0 bridgehead atoms. The molecular weight excluding hydrogens is 685 g/mol. The normalized spacial score (nSPS) is 16.7. The van der Waals surface area contributed by atoms with Crippen LogP contribution in [-0.2, 0) is 26.8 Å². The predicted molar refractivity (Wildman–Crippen MR) is 183 cm³/mol. The SMILES string of the molecule is CC(N(C)CCS(=O)(=O)c1ccccc1)C1(c2cc3c(Nc4ccc(OCc5cccc(F)c5)c(Br)c4)ncnc3cn2)CC=CO1. The third-order valence-electron chi connectivity index (χ3n) is 8.38. The molecule has 6 rings (SSSR count). The number of nitrogens with one attached hydrogen (secondary N) is 1. The number of nitrogens with zero attached hydrogens (tertiary/aromatic N) is 4. The van der Waals surface area contributed by atoms with Gasteiger partial charge in [-0.3, -0.25) is 9.88 Å². The second kappa shape index (κ2) is 13.8.